The summed E-state index contributed by atoms with van der Waals surface area (Å²) in [5, 5.41) is 6.56. The van der Waals surface area contributed by atoms with Crippen LogP contribution >= 0.6 is 0 Å². The van der Waals surface area contributed by atoms with E-state index in [2.05, 4.69) is 20.1 Å². The third kappa shape index (κ3) is 2.81. The summed E-state index contributed by atoms with van der Waals surface area (Å²) in [6.07, 6.45) is 6.56. The highest BCUT2D eigenvalue weighted by Crippen LogP contribution is 2.44. The molecule has 2 N–H and O–H groups in total. The number of nitrogens with one attached hydrogen (secondary N) is 2. The molecule has 9 heteroatoms. The highest BCUT2D eigenvalue weighted by atomic mass is 16.5. The molecule has 0 radical (unpaired) electrons. The van der Waals surface area contributed by atoms with Gasteiger partial charge in [0, 0.05) is 43.4 Å². The number of carbonyl (C=O) groups is 1. The Hall–Kier alpha value is -2.68. The van der Waals surface area contributed by atoms with Crippen molar-refractivity contribution < 1.29 is 9.53 Å². The van der Waals surface area contributed by atoms with Gasteiger partial charge >= 0.3 is 0 Å². The minimum atomic E-state index is -0.0994. The lowest BCUT2D eigenvalue weighted by atomic mass is 9.76. The molecule has 2 fully saturated rings. The van der Waals surface area contributed by atoms with Crippen molar-refractivity contribution in [3.63, 3.8) is 0 Å². The van der Waals surface area contributed by atoms with Gasteiger partial charge in [-0.2, -0.15) is 5.10 Å². The number of rotatable bonds is 2. The van der Waals surface area contributed by atoms with Crippen molar-refractivity contribution in [2.45, 2.75) is 31.1 Å². The van der Waals surface area contributed by atoms with Gasteiger partial charge in [0.15, 0.2) is 0 Å². The zero-order valence-electron chi connectivity index (χ0n) is 15.7. The topological polar surface area (TPSA) is 107 Å². The molecule has 2 aromatic rings. The summed E-state index contributed by atoms with van der Waals surface area (Å²) in [6.45, 7) is 4.12. The second-order valence-corrected chi connectivity index (χ2v) is 7.88. The molecular formula is C19H24N6O3. The molecule has 1 spiro atoms. The molecule has 4 heterocycles. The lowest BCUT2D eigenvalue weighted by Gasteiger charge is -2.39. The fraction of sp³-hybridized carbons (Fsp3) is 0.579. The van der Waals surface area contributed by atoms with Gasteiger partial charge in [0.2, 0.25) is 5.95 Å². The SMILES string of the molecule is O=C(c1cn[nH]c1)N1CCC2(CCc3c2nc(N2CCOCC2)[nH]c3=O)CC1. The molecule has 28 heavy (non-hydrogen) atoms. The zero-order valence-corrected chi connectivity index (χ0v) is 15.7. The minimum absolute atomic E-state index is 0.00898. The van der Waals surface area contributed by atoms with Crippen LogP contribution in [0.2, 0.25) is 0 Å². The van der Waals surface area contributed by atoms with Crippen LogP contribution in [0.1, 0.15) is 40.9 Å². The van der Waals surface area contributed by atoms with Crippen LogP contribution in [0, 0.1) is 0 Å². The average molecular weight is 384 g/mol. The van der Waals surface area contributed by atoms with Gasteiger partial charge in [-0.25, -0.2) is 4.98 Å². The van der Waals surface area contributed by atoms with Crippen molar-refractivity contribution in [2.75, 3.05) is 44.3 Å². The van der Waals surface area contributed by atoms with Gasteiger partial charge in [0.25, 0.3) is 11.5 Å². The van der Waals surface area contributed by atoms with Crippen molar-refractivity contribution in [1.29, 1.82) is 0 Å². The number of piperidine rings is 1. The normalized spacial score (nSPS) is 21.1. The highest BCUT2D eigenvalue weighted by Gasteiger charge is 2.45. The summed E-state index contributed by atoms with van der Waals surface area (Å²) < 4.78 is 5.41. The van der Waals surface area contributed by atoms with Crippen LogP contribution < -0.4 is 10.5 Å². The monoisotopic (exact) mass is 384 g/mol. The van der Waals surface area contributed by atoms with Crippen LogP contribution in [0.25, 0.3) is 0 Å². The minimum Gasteiger partial charge on any atom is -0.378 e. The molecule has 2 saturated heterocycles. The first-order valence-electron chi connectivity index (χ1n) is 9.91. The summed E-state index contributed by atoms with van der Waals surface area (Å²) in [5.41, 5.74) is 2.25. The van der Waals surface area contributed by atoms with Crippen LogP contribution in [0.3, 0.4) is 0 Å². The summed E-state index contributed by atoms with van der Waals surface area (Å²) in [5.74, 6) is 0.667. The van der Waals surface area contributed by atoms with Gasteiger partial charge in [0.1, 0.15) is 0 Å². The first-order valence-corrected chi connectivity index (χ1v) is 9.91. The smallest absolute Gasteiger partial charge is 0.257 e. The molecule has 1 aliphatic carbocycles. The number of morpholine rings is 1. The number of ether oxygens (including phenoxy) is 1. The molecule has 0 bridgehead atoms. The maximum Gasteiger partial charge on any atom is 0.257 e. The number of amides is 1. The van der Waals surface area contributed by atoms with E-state index in [1.54, 1.807) is 12.4 Å². The molecular weight excluding hydrogens is 360 g/mol. The van der Waals surface area contributed by atoms with E-state index < -0.39 is 0 Å². The quantitative estimate of drug-likeness (QED) is 0.779. The van der Waals surface area contributed by atoms with Gasteiger partial charge < -0.3 is 14.5 Å². The second-order valence-electron chi connectivity index (χ2n) is 7.88. The van der Waals surface area contributed by atoms with Gasteiger partial charge in [-0.05, 0) is 25.7 Å². The standard InChI is InChI=1S/C19H24N6O3/c26-16-14-1-2-19(15(14)22-18(23-16)25-7-9-28-10-8-25)3-5-24(6-4-19)17(27)13-11-20-21-12-13/h11-12H,1-10H2,(H,20,21)(H,22,23,26). The summed E-state index contributed by atoms with van der Waals surface area (Å²) in [4.78, 5) is 37.2. The molecule has 2 aliphatic heterocycles. The van der Waals surface area contributed by atoms with Gasteiger partial charge in [-0.15, -0.1) is 0 Å². The van der Waals surface area contributed by atoms with Gasteiger partial charge in [-0.1, -0.05) is 0 Å². The number of aromatic nitrogens is 4. The second kappa shape index (κ2) is 6.73. The Labute approximate surface area is 162 Å². The number of hydrogen-bond acceptors (Lipinski definition) is 6. The Balaban J connectivity index is 1.39. The van der Waals surface area contributed by atoms with E-state index >= 15 is 0 Å². The van der Waals surface area contributed by atoms with Crippen LogP contribution in [0.15, 0.2) is 17.2 Å². The molecule has 1 amide bonds. The fourth-order valence-corrected chi connectivity index (χ4v) is 4.74. The van der Waals surface area contributed by atoms with Crippen LogP contribution in [0.4, 0.5) is 5.95 Å². The third-order valence-electron chi connectivity index (χ3n) is 6.42. The number of aromatic amines is 2. The van der Waals surface area contributed by atoms with Crippen LogP contribution in [-0.4, -0.2) is 70.4 Å². The largest absolute Gasteiger partial charge is 0.378 e. The Bertz CT molecular complexity index is 924. The molecule has 9 nitrogen and oxygen atoms in total. The number of fused-ring (bicyclic) bond motifs is 2. The number of nitrogens with zero attached hydrogens (tertiary/aromatic N) is 4. The highest BCUT2D eigenvalue weighted by molar-refractivity contribution is 5.93. The molecule has 0 unspecified atom stereocenters. The van der Waals surface area contributed by atoms with E-state index in [9.17, 15) is 9.59 Å². The number of anilines is 1. The van der Waals surface area contributed by atoms with Crippen molar-refractivity contribution >= 4 is 11.9 Å². The van der Waals surface area contributed by atoms with Crippen LogP contribution in [0.5, 0.6) is 0 Å². The van der Waals surface area contributed by atoms with Crippen molar-refractivity contribution in [2.24, 2.45) is 0 Å². The Morgan fingerprint density at radius 3 is 2.64 bits per heavy atom. The molecule has 148 valence electrons. The number of carbonyl (C=O) groups excluding carboxylic acids is 1. The maximum atomic E-state index is 12.7. The lowest BCUT2D eigenvalue weighted by molar-refractivity contribution is 0.0663. The summed E-state index contributed by atoms with van der Waals surface area (Å²) in [6, 6.07) is 0. The Kier molecular flexibility index (Phi) is 4.19. The number of H-pyrrole nitrogens is 2. The molecule has 3 aliphatic rings. The van der Waals surface area contributed by atoms with E-state index in [0.29, 0.717) is 37.8 Å². The molecule has 5 rings (SSSR count). The van der Waals surface area contributed by atoms with Crippen molar-refractivity contribution in [1.82, 2.24) is 25.1 Å². The number of hydrogen-bond donors (Lipinski definition) is 2. The molecule has 0 aromatic carbocycles. The number of likely N-dealkylation sites (tertiary alicyclic amines) is 1. The van der Waals surface area contributed by atoms with Crippen molar-refractivity contribution in [3.05, 3.63) is 39.6 Å². The summed E-state index contributed by atoms with van der Waals surface area (Å²) in [7, 11) is 0. The van der Waals surface area contributed by atoms with Crippen LogP contribution in [-0.2, 0) is 16.6 Å². The summed E-state index contributed by atoms with van der Waals surface area (Å²) >= 11 is 0. The zero-order chi connectivity index (χ0) is 19.1. The molecule has 0 atom stereocenters. The predicted molar refractivity (Wildman–Crippen MR) is 102 cm³/mol. The molecule has 0 saturated carbocycles. The first kappa shape index (κ1) is 17.4. The third-order valence-corrected chi connectivity index (χ3v) is 6.42. The average Bonchev–Trinajstić information content (AvgIpc) is 3.38. The van der Waals surface area contributed by atoms with Gasteiger partial charge in [-0.3, -0.25) is 19.7 Å². The lowest BCUT2D eigenvalue weighted by Crippen LogP contribution is -2.45. The molecule has 2 aromatic heterocycles. The van der Waals surface area contributed by atoms with E-state index in [1.165, 1.54) is 0 Å². The van der Waals surface area contributed by atoms with Gasteiger partial charge in [0.05, 0.1) is 30.7 Å². The van der Waals surface area contributed by atoms with Crippen molar-refractivity contribution in [3.8, 4) is 0 Å². The first-order chi connectivity index (χ1) is 13.7. The maximum absolute atomic E-state index is 12.7. The van der Waals surface area contributed by atoms with E-state index in [-0.39, 0.29) is 16.9 Å². The van der Waals surface area contributed by atoms with E-state index in [0.717, 1.165) is 50.0 Å². The fourth-order valence-electron chi connectivity index (χ4n) is 4.74. The van der Waals surface area contributed by atoms with E-state index in [4.69, 9.17) is 9.72 Å². The predicted octanol–water partition coefficient (Wildman–Crippen LogP) is 0.450. The Morgan fingerprint density at radius 1 is 1.14 bits per heavy atom. The van der Waals surface area contributed by atoms with E-state index in [1.807, 2.05) is 4.90 Å². The Morgan fingerprint density at radius 2 is 1.93 bits per heavy atom.